The van der Waals surface area contributed by atoms with Gasteiger partial charge in [0.15, 0.2) is 11.5 Å². The van der Waals surface area contributed by atoms with Crippen molar-refractivity contribution in [2.75, 3.05) is 25.1 Å². The van der Waals surface area contributed by atoms with Gasteiger partial charge in [-0.1, -0.05) is 95.9 Å². The largest absolute Gasteiger partial charge is 0.493 e. The predicted molar refractivity (Wildman–Crippen MR) is 194 cm³/mol. The molecule has 9 nitrogen and oxygen atoms in total. The Morgan fingerprint density at radius 2 is 1.45 bits per heavy atom. The quantitative estimate of drug-likeness (QED) is 0.153. The van der Waals surface area contributed by atoms with Crippen molar-refractivity contribution in [3.05, 3.63) is 119 Å². The summed E-state index contributed by atoms with van der Waals surface area (Å²) in [5.74, 6) is -0.162. The van der Waals surface area contributed by atoms with Crippen molar-refractivity contribution in [3.8, 4) is 11.5 Å². The number of hydrogen-bond acceptors (Lipinski definition) is 6. The van der Waals surface area contributed by atoms with Gasteiger partial charge in [-0.25, -0.2) is 8.42 Å². The molecule has 1 atom stereocenters. The summed E-state index contributed by atoms with van der Waals surface area (Å²) in [6, 6.07) is 29.0. The van der Waals surface area contributed by atoms with Crippen molar-refractivity contribution in [1.82, 2.24) is 10.2 Å². The zero-order chi connectivity index (χ0) is 34.8. The van der Waals surface area contributed by atoms with Gasteiger partial charge < -0.3 is 19.7 Å². The number of nitrogens with zero attached hydrogens (tertiary/aromatic N) is 2. The summed E-state index contributed by atoms with van der Waals surface area (Å²) in [6.45, 7) is -0.444. The van der Waals surface area contributed by atoms with Crippen LogP contribution in [0.2, 0.25) is 0 Å². The predicted octanol–water partition coefficient (Wildman–Crippen LogP) is 6.75. The van der Waals surface area contributed by atoms with Gasteiger partial charge in [-0.3, -0.25) is 13.9 Å². The maximum Gasteiger partial charge on any atom is 0.264 e. The molecule has 1 fully saturated rings. The topological polar surface area (TPSA) is 105 Å². The number of para-hydroxylation sites is 1. The van der Waals surface area contributed by atoms with Crippen LogP contribution < -0.4 is 19.1 Å². The standard InChI is InChI=1S/C38H42BrN3O6S/c1-47-35-23-22-33(25-36(35)48-2)49(45,46)42(32-16-10-5-11-17-32)27-37(43)41(26-29-18-20-30(39)21-19-29)34(24-28-12-6-3-7-13-28)38(44)40-31-14-8-4-9-15-31/h3,5-7,10-13,16-23,25,31,34H,4,8-9,14-15,24,26-27H2,1-2H3,(H,40,44)/t34-/m1/s1. The highest BCUT2D eigenvalue weighted by Crippen LogP contribution is 2.32. The van der Waals surface area contributed by atoms with Crippen molar-refractivity contribution in [2.24, 2.45) is 0 Å². The fraction of sp³-hybridized carbons (Fsp3) is 0.316. The molecular formula is C38H42BrN3O6S. The molecule has 4 aromatic carbocycles. The van der Waals surface area contributed by atoms with Crippen LogP contribution in [0.1, 0.15) is 43.2 Å². The van der Waals surface area contributed by atoms with Crippen LogP contribution in [0.15, 0.2) is 112 Å². The highest BCUT2D eigenvalue weighted by Gasteiger charge is 2.35. The van der Waals surface area contributed by atoms with Crippen LogP contribution in [0, 0.1) is 0 Å². The van der Waals surface area contributed by atoms with Gasteiger partial charge in [-0.05, 0) is 60.4 Å². The lowest BCUT2D eigenvalue weighted by Gasteiger charge is -2.35. The Morgan fingerprint density at radius 1 is 0.816 bits per heavy atom. The molecule has 2 amide bonds. The fourth-order valence-corrected chi connectivity index (χ4v) is 7.81. The first kappa shape index (κ1) is 35.9. The number of halogens is 1. The van der Waals surface area contributed by atoms with Gasteiger partial charge in [-0.2, -0.15) is 0 Å². The molecule has 0 spiro atoms. The van der Waals surface area contributed by atoms with Gasteiger partial charge in [0, 0.05) is 29.5 Å². The Labute approximate surface area is 297 Å². The molecule has 0 heterocycles. The number of amides is 2. The molecule has 0 saturated heterocycles. The van der Waals surface area contributed by atoms with E-state index in [4.69, 9.17) is 9.47 Å². The molecule has 5 rings (SSSR count). The number of sulfonamides is 1. The van der Waals surface area contributed by atoms with Crippen LogP contribution in [0.25, 0.3) is 0 Å². The van der Waals surface area contributed by atoms with E-state index in [0.717, 1.165) is 52.0 Å². The molecule has 1 saturated carbocycles. The molecule has 1 aliphatic rings. The molecule has 0 aromatic heterocycles. The maximum absolute atomic E-state index is 14.7. The third-order valence-corrected chi connectivity index (χ3v) is 11.1. The molecule has 258 valence electrons. The van der Waals surface area contributed by atoms with Crippen molar-refractivity contribution in [1.29, 1.82) is 0 Å². The number of methoxy groups -OCH3 is 2. The zero-order valence-corrected chi connectivity index (χ0v) is 30.2. The lowest BCUT2D eigenvalue weighted by atomic mass is 9.94. The minimum Gasteiger partial charge on any atom is -0.493 e. The normalized spacial score (nSPS) is 14.0. The summed E-state index contributed by atoms with van der Waals surface area (Å²) < 4.78 is 41.5. The smallest absolute Gasteiger partial charge is 0.264 e. The van der Waals surface area contributed by atoms with E-state index in [9.17, 15) is 18.0 Å². The van der Waals surface area contributed by atoms with Crippen LogP contribution in [-0.4, -0.2) is 58.0 Å². The molecule has 0 radical (unpaired) electrons. The van der Waals surface area contributed by atoms with E-state index in [-0.39, 0.29) is 35.6 Å². The van der Waals surface area contributed by atoms with E-state index in [1.54, 1.807) is 30.3 Å². The number of carbonyl (C=O) groups is 2. The van der Waals surface area contributed by atoms with E-state index in [1.807, 2.05) is 54.6 Å². The lowest BCUT2D eigenvalue weighted by Crippen LogP contribution is -2.55. The van der Waals surface area contributed by atoms with Crippen molar-refractivity contribution >= 4 is 43.5 Å². The number of hydrogen-bond donors (Lipinski definition) is 1. The third kappa shape index (κ3) is 9.21. The Balaban J connectivity index is 1.56. The minimum absolute atomic E-state index is 0.0235. The average Bonchev–Trinajstić information content (AvgIpc) is 3.13. The first-order chi connectivity index (χ1) is 23.7. The molecule has 4 aromatic rings. The van der Waals surface area contributed by atoms with Crippen LogP contribution >= 0.6 is 15.9 Å². The summed E-state index contributed by atoms with van der Waals surface area (Å²) in [5, 5.41) is 3.24. The Bertz CT molecular complexity index is 1800. The second-order valence-corrected chi connectivity index (χ2v) is 14.8. The average molecular weight is 749 g/mol. The second-order valence-electron chi connectivity index (χ2n) is 12.1. The highest BCUT2D eigenvalue weighted by molar-refractivity contribution is 9.10. The SMILES string of the molecule is COc1ccc(S(=O)(=O)N(CC(=O)N(Cc2ccc(Br)cc2)[C@H](Cc2ccccc2)C(=O)NC2CCCCC2)c2ccccc2)cc1OC. The zero-order valence-electron chi connectivity index (χ0n) is 27.8. The Hall–Kier alpha value is -4.35. The van der Waals surface area contributed by atoms with Crippen molar-refractivity contribution < 1.29 is 27.5 Å². The first-order valence-electron chi connectivity index (χ1n) is 16.4. The molecule has 49 heavy (non-hydrogen) atoms. The van der Waals surface area contributed by atoms with Gasteiger partial charge in [0.1, 0.15) is 12.6 Å². The molecule has 0 unspecified atom stereocenters. The number of ether oxygens (including phenoxy) is 2. The fourth-order valence-electron chi connectivity index (χ4n) is 6.11. The van der Waals surface area contributed by atoms with E-state index < -0.39 is 28.5 Å². The van der Waals surface area contributed by atoms with E-state index in [2.05, 4.69) is 21.2 Å². The number of rotatable bonds is 14. The molecule has 1 N–H and O–H groups in total. The van der Waals surface area contributed by atoms with E-state index in [1.165, 1.54) is 37.3 Å². The monoisotopic (exact) mass is 747 g/mol. The minimum atomic E-state index is -4.30. The summed E-state index contributed by atoms with van der Waals surface area (Å²) in [4.78, 5) is 30.4. The Kier molecular flexibility index (Phi) is 12.4. The highest BCUT2D eigenvalue weighted by atomic mass is 79.9. The molecule has 1 aliphatic carbocycles. The molecule has 0 bridgehead atoms. The van der Waals surface area contributed by atoms with Crippen LogP contribution in [0.5, 0.6) is 11.5 Å². The van der Waals surface area contributed by atoms with E-state index >= 15 is 0 Å². The van der Waals surface area contributed by atoms with Gasteiger partial charge in [0.2, 0.25) is 11.8 Å². The first-order valence-corrected chi connectivity index (χ1v) is 18.6. The van der Waals surface area contributed by atoms with Crippen LogP contribution in [-0.2, 0) is 32.6 Å². The maximum atomic E-state index is 14.7. The van der Waals surface area contributed by atoms with Crippen molar-refractivity contribution in [2.45, 2.75) is 62.0 Å². The van der Waals surface area contributed by atoms with Gasteiger partial charge in [0.05, 0.1) is 24.8 Å². The summed E-state index contributed by atoms with van der Waals surface area (Å²) in [7, 11) is -1.40. The second kappa shape index (κ2) is 16.8. The van der Waals surface area contributed by atoms with Crippen molar-refractivity contribution in [3.63, 3.8) is 0 Å². The summed E-state index contributed by atoms with van der Waals surface area (Å²) >= 11 is 3.48. The number of benzene rings is 4. The Morgan fingerprint density at radius 3 is 2.08 bits per heavy atom. The number of nitrogens with one attached hydrogen (secondary N) is 1. The summed E-state index contributed by atoms with van der Waals surface area (Å²) in [6.07, 6.45) is 5.24. The van der Waals surface area contributed by atoms with Gasteiger partial charge >= 0.3 is 0 Å². The molecule has 11 heteroatoms. The molecular weight excluding hydrogens is 706 g/mol. The van der Waals surface area contributed by atoms with Gasteiger partial charge in [0.25, 0.3) is 10.0 Å². The van der Waals surface area contributed by atoms with Gasteiger partial charge in [-0.15, -0.1) is 0 Å². The van der Waals surface area contributed by atoms with E-state index in [0.29, 0.717) is 11.4 Å². The van der Waals surface area contributed by atoms with Crippen LogP contribution in [0.4, 0.5) is 5.69 Å². The van der Waals surface area contributed by atoms with Crippen LogP contribution in [0.3, 0.4) is 0 Å². The lowest BCUT2D eigenvalue weighted by molar-refractivity contribution is -0.140. The number of carbonyl (C=O) groups excluding carboxylic acids is 2. The third-order valence-electron chi connectivity index (χ3n) is 8.75. The number of anilines is 1. The summed E-state index contributed by atoms with van der Waals surface area (Å²) in [5.41, 5.74) is 1.99. The molecule has 0 aliphatic heterocycles.